The molecule has 25 heavy (non-hydrogen) atoms. The molecule has 0 aliphatic carbocycles. The van der Waals surface area contributed by atoms with E-state index < -0.39 is 0 Å². The molecular formula is C18H22N4O3. The highest BCUT2D eigenvalue weighted by Gasteiger charge is 2.34. The molecule has 1 saturated heterocycles. The summed E-state index contributed by atoms with van der Waals surface area (Å²) in [6.45, 7) is 1.75. The van der Waals surface area contributed by atoms with Gasteiger partial charge < -0.3 is 15.0 Å². The highest BCUT2D eigenvalue weighted by Crippen LogP contribution is 2.26. The number of amides is 2. The Balaban J connectivity index is 1.48. The fourth-order valence-electron chi connectivity index (χ4n) is 2.92. The van der Waals surface area contributed by atoms with E-state index in [2.05, 4.69) is 10.4 Å². The van der Waals surface area contributed by atoms with Gasteiger partial charge in [-0.25, -0.2) is 0 Å². The van der Waals surface area contributed by atoms with E-state index in [4.69, 9.17) is 4.74 Å². The summed E-state index contributed by atoms with van der Waals surface area (Å²) >= 11 is 0. The molecular weight excluding hydrogens is 320 g/mol. The Kier molecular flexibility index (Phi) is 5.33. The van der Waals surface area contributed by atoms with Gasteiger partial charge in [0.1, 0.15) is 5.75 Å². The minimum Gasteiger partial charge on any atom is -0.497 e. The minimum atomic E-state index is -0.306. The van der Waals surface area contributed by atoms with Gasteiger partial charge in [-0.2, -0.15) is 5.10 Å². The van der Waals surface area contributed by atoms with E-state index in [1.807, 2.05) is 41.2 Å². The number of hydrogen-bond acceptors (Lipinski definition) is 4. The summed E-state index contributed by atoms with van der Waals surface area (Å²) in [4.78, 5) is 26.2. The molecule has 3 rings (SSSR count). The van der Waals surface area contributed by atoms with Gasteiger partial charge in [0.15, 0.2) is 0 Å². The van der Waals surface area contributed by atoms with E-state index in [1.165, 1.54) is 0 Å². The first-order valence-corrected chi connectivity index (χ1v) is 8.37. The zero-order valence-corrected chi connectivity index (χ0v) is 14.2. The predicted molar refractivity (Wildman–Crippen MR) is 93.3 cm³/mol. The number of nitrogens with zero attached hydrogens (tertiary/aromatic N) is 3. The van der Waals surface area contributed by atoms with Crippen molar-refractivity contribution < 1.29 is 14.3 Å². The van der Waals surface area contributed by atoms with Gasteiger partial charge in [0.25, 0.3) is 0 Å². The number of hydrogen-bond donors (Lipinski definition) is 1. The SMILES string of the molecule is COc1ccc(N2C[C@H](C(=O)NCCCn3cccn3)CC2=O)cc1. The van der Waals surface area contributed by atoms with Crippen molar-refractivity contribution in [1.29, 1.82) is 0 Å². The summed E-state index contributed by atoms with van der Waals surface area (Å²) < 4.78 is 6.96. The van der Waals surface area contributed by atoms with Crippen molar-refractivity contribution >= 4 is 17.5 Å². The molecule has 0 saturated carbocycles. The second-order valence-corrected chi connectivity index (χ2v) is 6.02. The highest BCUT2D eigenvalue weighted by atomic mass is 16.5. The number of benzene rings is 1. The van der Waals surface area contributed by atoms with Crippen LogP contribution in [0.3, 0.4) is 0 Å². The number of methoxy groups -OCH3 is 1. The van der Waals surface area contributed by atoms with Crippen LogP contribution in [0.25, 0.3) is 0 Å². The Hall–Kier alpha value is -2.83. The fraction of sp³-hybridized carbons (Fsp3) is 0.389. The van der Waals surface area contributed by atoms with Gasteiger partial charge in [0.2, 0.25) is 11.8 Å². The summed E-state index contributed by atoms with van der Waals surface area (Å²) in [5.41, 5.74) is 0.791. The van der Waals surface area contributed by atoms with Crippen molar-refractivity contribution in [3.63, 3.8) is 0 Å². The topological polar surface area (TPSA) is 76.5 Å². The van der Waals surface area contributed by atoms with Crippen LogP contribution in [0, 0.1) is 5.92 Å². The van der Waals surface area contributed by atoms with Crippen LogP contribution in [0.5, 0.6) is 5.75 Å². The summed E-state index contributed by atoms with van der Waals surface area (Å²) in [6.07, 6.45) is 4.67. The third-order valence-electron chi connectivity index (χ3n) is 4.30. The largest absolute Gasteiger partial charge is 0.497 e. The molecule has 132 valence electrons. The van der Waals surface area contributed by atoms with E-state index in [0.717, 1.165) is 24.4 Å². The molecule has 7 nitrogen and oxygen atoms in total. The molecule has 1 aliphatic heterocycles. The molecule has 1 N–H and O–H groups in total. The molecule has 0 bridgehead atoms. The van der Waals surface area contributed by atoms with Crippen LogP contribution in [0.15, 0.2) is 42.7 Å². The summed E-state index contributed by atoms with van der Waals surface area (Å²) in [5, 5.41) is 7.04. The van der Waals surface area contributed by atoms with E-state index in [1.54, 1.807) is 18.2 Å². The van der Waals surface area contributed by atoms with Gasteiger partial charge in [0.05, 0.1) is 13.0 Å². The monoisotopic (exact) mass is 342 g/mol. The van der Waals surface area contributed by atoms with E-state index >= 15 is 0 Å². The number of carbonyl (C=O) groups is 2. The Labute approximate surface area is 146 Å². The first-order chi connectivity index (χ1) is 12.2. The maximum Gasteiger partial charge on any atom is 0.227 e. The van der Waals surface area contributed by atoms with Crippen molar-refractivity contribution in [1.82, 2.24) is 15.1 Å². The number of aryl methyl sites for hydroxylation is 1. The first kappa shape index (κ1) is 17.0. The zero-order valence-electron chi connectivity index (χ0n) is 14.2. The van der Waals surface area contributed by atoms with Gasteiger partial charge in [-0.1, -0.05) is 0 Å². The van der Waals surface area contributed by atoms with Gasteiger partial charge in [-0.05, 0) is 36.8 Å². The molecule has 2 aromatic rings. The van der Waals surface area contributed by atoms with Crippen molar-refractivity contribution in [3.05, 3.63) is 42.7 Å². The molecule has 1 atom stereocenters. The standard InChI is InChI=1S/C18H22N4O3/c1-25-16-6-4-15(5-7-16)22-13-14(12-17(22)23)18(24)19-8-2-10-21-11-3-9-20-21/h3-7,9,11,14H,2,8,10,12-13H2,1H3,(H,19,24)/t14-/m1/s1. The molecule has 2 amide bonds. The third-order valence-corrected chi connectivity index (χ3v) is 4.30. The van der Waals surface area contributed by atoms with Gasteiger partial charge >= 0.3 is 0 Å². The van der Waals surface area contributed by atoms with Crippen molar-refractivity contribution in [3.8, 4) is 5.75 Å². The number of rotatable bonds is 7. The van der Waals surface area contributed by atoms with Crippen LogP contribution < -0.4 is 15.0 Å². The van der Waals surface area contributed by atoms with E-state index in [9.17, 15) is 9.59 Å². The number of carbonyl (C=O) groups excluding carboxylic acids is 2. The maximum atomic E-state index is 12.3. The highest BCUT2D eigenvalue weighted by molar-refractivity contribution is 6.00. The number of ether oxygens (including phenoxy) is 1. The lowest BCUT2D eigenvalue weighted by molar-refractivity contribution is -0.126. The normalized spacial score (nSPS) is 16.9. The smallest absolute Gasteiger partial charge is 0.227 e. The molecule has 0 radical (unpaired) electrons. The predicted octanol–water partition coefficient (Wildman–Crippen LogP) is 1.45. The maximum absolute atomic E-state index is 12.3. The number of anilines is 1. The lowest BCUT2D eigenvalue weighted by atomic mass is 10.1. The van der Waals surface area contributed by atoms with E-state index in [-0.39, 0.29) is 24.2 Å². The van der Waals surface area contributed by atoms with Crippen LogP contribution in [0.4, 0.5) is 5.69 Å². The summed E-state index contributed by atoms with van der Waals surface area (Å²) in [6, 6.07) is 9.16. The van der Waals surface area contributed by atoms with Crippen LogP contribution in [0.1, 0.15) is 12.8 Å². The first-order valence-electron chi connectivity index (χ1n) is 8.37. The van der Waals surface area contributed by atoms with Crippen molar-refractivity contribution in [2.45, 2.75) is 19.4 Å². The van der Waals surface area contributed by atoms with Gasteiger partial charge in [-0.3, -0.25) is 14.3 Å². The second-order valence-electron chi connectivity index (χ2n) is 6.02. The Bertz CT molecular complexity index is 712. The summed E-state index contributed by atoms with van der Waals surface area (Å²) in [7, 11) is 1.60. The average Bonchev–Trinajstić information content (AvgIpc) is 3.28. The quantitative estimate of drug-likeness (QED) is 0.773. The Morgan fingerprint density at radius 1 is 1.36 bits per heavy atom. The Morgan fingerprint density at radius 3 is 2.84 bits per heavy atom. The molecule has 0 spiro atoms. The van der Waals surface area contributed by atoms with E-state index in [0.29, 0.717) is 13.1 Å². The average molecular weight is 342 g/mol. The van der Waals surface area contributed by atoms with Crippen molar-refractivity contribution in [2.75, 3.05) is 25.1 Å². The lowest BCUT2D eigenvalue weighted by Crippen LogP contribution is -2.33. The van der Waals surface area contributed by atoms with Crippen LogP contribution in [-0.2, 0) is 16.1 Å². The molecule has 1 aliphatic rings. The van der Waals surface area contributed by atoms with Crippen LogP contribution >= 0.6 is 0 Å². The molecule has 1 fully saturated rings. The molecule has 1 aromatic carbocycles. The van der Waals surface area contributed by atoms with Gasteiger partial charge in [-0.15, -0.1) is 0 Å². The van der Waals surface area contributed by atoms with Crippen LogP contribution in [-0.4, -0.2) is 41.8 Å². The molecule has 2 heterocycles. The second kappa shape index (κ2) is 7.83. The number of nitrogens with one attached hydrogen (secondary N) is 1. The zero-order chi connectivity index (χ0) is 17.6. The fourth-order valence-corrected chi connectivity index (χ4v) is 2.92. The third kappa shape index (κ3) is 4.17. The molecule has 1 aromatic heterocycles. The number of aromatic nitrogens is 2. The molecule has 7 heteroatoms. The van der Waals surface area contributed by atoms with Crippen LogP contribution in [0.2, 0.25) is 0 Å². The van der Waals surface area contributed by atoms with Crippen molar-refractivity contribution in [2.24, 2.45) is 5.92 Å². The Morgan fingerprint density at radius 2 is 2.16 bits per heavy atom. The molecule has 0 unspecified atom stereocenters. The summed E-state index contributed by atoms with van der Waals surface area (Å²) in [5.74, 6) is 0.341. The van der Waals surface area contributed by atoms with Gasteiger partial charge in [0, 0.05) is 44.1 Å². The lowest BCUT2D eigenvalue weighted by Gasteiger charge is -2.17. The minimum absolute atomic E-state index is 0.0261.